The molecule has 1 heterocycles. The van der Waals surface area contributed by atoms with E-state index in [0.717, 1.165) is 31.7 Å². The lowest BCUT2D eigenvalue weighted by atomic mass is 9.85. The molecule has 0 spiro atoms. The maximum atomic E-state index is 12.5. The number of carbonyl (C=O) groups excluding carboxylic acids is 1. The number of piperazine rings is 1. The Morgan fingerprint density at radius 2 is 1.70 bits per heavy atom. The number of hydrogen-bond donors (Lipinski definition) is 1. The number of carbonyl (C=O) groups is 1. The average molecular weight is 274 g/mol. The van der Waals surface area contributed by atoms with Crippen molar-refractivity contribution >= 4 is 5.91 Å². The van der Waals surface area contributed by atoms with Gasteiger partial charge in [0, 0.05) is 26.2 Å². The number of amides is 1. The van der Waals surface area contributed by atoms with Gasteiger partial charge in [-0.15, -0.1) is 0 Å². The zero-order valence-corrected chi connectivity index (χ0v) is 13.1. The third-order valence-corrected chi connectivity index (χ3v) is 4.08. The van der Waals surface area contributed by atoms with Crippen LogP contribution in [-0.2, 0) is 10.2 Å². The summed E-state index contributed by atoms with van der Waals surface area (Å²) >= 11 is 0. The highest BCUT2D eigenvalue weighted by Gasteiger charge is 2.23. The summed E-state index contributed by atoms with van der Waals surface area (Å²) in [6, 6.07) is 8.50. The summed E-state index contributed by atoms with van der Waals surface area (Å²) in [6.45, 7) is 12.1. The lowest BCUT2D eigenvalue weighted by Gasteiger charge is -2.30. The molecule has 0 radical (unpaired) electrons. The zero-order chi connectivity index (χ0) is 14.8. The van der Waals surface area contributed by atoms with Crippen molar-refractivity contribution in [3.8, 4) is 0 Å². The Kier molecular flexibility index (Phi) is 4.48. The first-order valence-electron chi connectivity index (χ1n) is 7.49. The van der Waals surface area contributed by atoms with Gasteiger partial charge >= 0.3 is 0 Å². The predicted molar refractivity (Wildman–Crippen MR) is 83.0 cm³/mol. The van der Waals surface area contributed by atoms with Crippen molar-refractivity contribution in [3.63, 3.8) is 0 Å². The van der Waals surface area contributed by atoms with Gasteiger partial charge in [-0.1, -0.05) is 45.0 Å². The van der Waals surface area contributed by atoms with Gasteiger partial charge < -0.3 is 10.2 Å². The monoisotopic (exact) mass is 274 g/mol. The maximum absolute atomic E-state index is 12.5. The van der Waals surface area contributed by atoms with Crippen LogP contribution in [0.25, 0.3) is 0 Å². The lowest BCUT2D eigenvalue weighted by molar-refractivity contribution is -0.133. The van der Waals surface area contributed by atoms with Gasteiger partial charge in [0.05, 0.1) is 5.92 Å². The number of rotatable bonds is 2. The van der Waals surface area contributed by atoms with Gasteiger partial charge in [0.15, 0.2) is 0 Å². The molecule has 2 rings (SSSR count). The second-order valence-corrected chi connectivity index (χ2v) is 6.67. The molecule has 1 amide bonds. The Morgan fingerprint density at radius 3 is 2.20 bits per heavy atom. The lowest BCUT2D eigenvalue weighted by Crippen LogP contribution is -2.47. The Labute approximate surface area is 122 Å². The topological polar surface area (TPSA) is 32.3 Å². The van der Waals surface area contributed by atoms with Gasteiger partial charge in [0.1, 0.15) is 0 Å². The van der Waals surface area contributed by atoms with E-state index in [1.54, 1.807) is 0 Å². The van der Waals surface area contributed by atoms with Crippen LogP contribution in [0.15, 0.2) is 24.3 Å². The van der Waals surface area contributed by atoms with Gasteiger partial charge in [-0.25, -0.2) is 0 Å². The van der Waals surface area contributed by atoms with Crippen molar-refractivity contribution in [2.75, 3.05) is 26.2 Å². The first-order chi connectivity index (χ1) is 9.39. The summed E-state index contributed by atoms with van der Waals surface area (Å²) in [7, 11) is 0. The standard InChI is InChI=1S/C17H26N2O/c1-13(16(20)19-11-9-18-10-12-19)14-5-7-15(8-6-14)17(2,3)4/h5-8,13,18H,9-12H2,1-4H3. The molecule has 1 aliphatic rings. The SMILES string of the molecule is CC(C(=O)N1CCNCC1)c1ccc(C(C)(C)C)cc1. The van der Waals surface area contributed by atoms with Crippen LogP contribution in [0.2, 0.25) is 0 Å². The largest absolute Gasteiger partial charge is 0.340 e. The van der Waals surface area contributed by atoms with E-state index in [4.69, 9.17) is 0 Å². The molecular formula is C17H26N2O. The molecule has 1 aliphatic heterocycles. The van der Waals surface area contributed by atoms with Crippen molar-refractivity contribution < 1.29 is 4.79 Å². The van der Waals surface area contributed by atoms with Gasteiger partial charge in [0.2, 0.25) is 5.91 Å². The molecule has 3 heteroatoms. The molecule has 0 bridgehead atoms. The van der Waals surface area contributed by atoms with Crippen molar-refractivity contribution in [2.24, 2.45) is 0 Å². The summed E-state index contributed by atoms with van der Waals surface area (Å²) < 4.78 is 0. The number of hydrogen-bond acceptors (Lipinski definition) is 2. The normalized spacial score (nSPS) is 17.9. The molecule has 3 nitrogen and oxygen atoms in total. The average Bonchev–Trinajstić information content (AvgIpc) is 2.46. The maximum Gasteiger partial charge on any atom is 0.229 e. The second kappa shape index (κ2) is 5.96. The summed E-state index contributed by atoms with van der Waals surface area (Å²) in [6.07, 6.45) is 0. The van der Waals surface area contributed by atoms with Crippen LogP contribution in [0, 0.1) is 0 Å². The highest BCUT2D eigenvalue weighted by atomic mass is 16.2. The van der Waals surface area contributed by atoms with E-state index in [1.807, 2.05) is 11.8 Å². The third-order valence-electron chi connectivity index (χ3n) is 4.08. The molecule has 1 aromatic rings. The first-order valence-corrected chi connectivity index (χ1v) is 7.49. The van der Waals surface area contributed by atoms with E-state index in [2.05, 4.69) is 50.4 Å². The number of benzene rings is 1. The molecule has 110 valence electrons. The summed E-state index contributed by atoms with van der Waals surface area (Å²) in [5, 5.41) is 3.28. The fourth-order valence-corrected chi connectivity index (χ4v) is 2.57. The highest BCUT2D eigenvalue weighted by Crippen LogP contribution is 2.25. The fraction of sp³-hybridized carbons (Fsp3) is 0.588. The van der Waals surface area contributed by atoms with E-state index in [1.165, 1.54) is 5.56 Å². The quantitative estimate of drug-likeness (QED) is 0.899. The molecule has 0 aromatic heterocycles. The van der Waals surface area contributed by atoms with Crippen LogP contribution in [0.5, 0.6) is 0 Å². The molecule has 1 saturated heterocycles. The fourth-order valence-electron chi connectivity index (χ4n) is 2.57. The van der Waals surface area contributed by atoms with Crippen molar-refractivity contribution in [1.29, 1.82) is 0 Å². The van der Waals surface area contributed by atoms with E-state index in [0.29, 0.717) is 0 Å². The minimum atomic E-state index is -0.0536. The van der Waals surface area contributed by atoms with E-state index < -0.39 is 0 Å². The molecule has 1 unspecified atom stereocenters. The van der Waals surface area contributed by atoms with E-state index in [9.17, 15) is 4.79 Å². The van der Waals surface area contributed by atoms with Gasteiger partial charge in [0.25, 0.3) is 0 Å². The molecule has 0 aliphatic carbocycles. The first kappa shape index (κ1) is 15.0. The van der Waals surface area contributed by atoms with Crippen molar-refractivity contribution in [3.05, 3.63) is 35.4 Å². The number of nitrogens with one attached hydrogen (secondary N) is 1. The Balaban J connectivity index is 2.08. The van der Waals surface area contributed by atoms with Gasteiger partial charge in [-0.3, -0.25) is 4.79 Å². The predicted octanol–water partition coefficient (Wildman–Crippen LogP) is 2.52. The second-order valence-electron chi connectivity index (χ2n) is 6.67. The minimum absolute atomic E-state index is 0.0536. The van der Waals surface area contributed by atoms with E-state index >= 15 is 0 Å². The zero-order valence-electron chi connectivity index (χ0n) is 13.1. The van der Waals surface area contributed by atoms with E-state index in [-0.39, 0.29) is 17.2 Å². The van der Waals surface area contributed by atoms with Gasteiger partial charge in [-0.2, -0.15) is 0 Å². The summed E-state index contributed by atoms with van der Waals surface area (Å²) in [5.41, 5.74) is 2.58. The Morgan fingerprint density at radius 1 is 1.15 bits per heavy atom. The van der Waals surface area contributed by atoms with Crippen LogP contribution in [-0.4, -0.2) is 37.0 Å². The van der Waals surface area contributed by atoms with Crippen LogP contribution in [0.3, 0.4) is 0 Å². The van der Waals surface area contributed by atoms with Crippen LogP contribution < -0.4 is 5.32 Å². The minimum Gasteiger partial charge on any atom is -0.340 e. The molecule has 1 atom stereocenters. The molecule has 20 heavy (non-hydrogen) atoms. The van der Waals surface area contributed by atoms with Crippen molar-refractivity contribution in [2.45, 2.75) is 39.0 Å². The van der Waals surface area contributed by atoms with Crippen LogP contribution in [0.1, 0.15) is 44.7 Å². The molecule has 1 aromatic carbocycles. The van der Waals surface area contributed by atoms with Gasteiger partial charge in [-0.05, 0) is 23.5 Å². The Hall–Kier alpha value is -1.35. The van der Waals surface area contributed by atoms with Crippen molar-refractivity contribution in [1.82, 2.24) is 10.2 Å². The molecule has 0 saturated carbocycles. The Bertz CT molecular complexity index is 453. The summed E-state index contributed by atoms with van der Waals surface area (Å²) in [5.74, 6) is 0.192. The number of nitrogens with zero attached hydrogens (tertiary/aromatic N) is 1. The van der Waals surface area contributed by atoms with Crippen LogP contribution >= 0.6 is 0 Å². The summed E-state index contributed by atoms with van der Waals surface area (Å²) in [4.78, 5) is 14.4. The molecular weight excluding hydrogens is 248 g/mol. The van der Waals surface area contributed by atoms with Crippen LogP contribution in [0.4, 0.5) is 0 Å². The third kappa shape index (κ3) is 3.40. The molecule has 1 N–H and O–H groups in total. The molecule has 1 fully saturated rings. The highest BCUT2D eigenvalue weighted by molar-refractivity contribution is 5.83. The smallest absolute Gasteiger partial charge is 0.229 e.